The lowest BCUT2D eigenvalue weighted by atomic mass is 9.87. The van der Waals surface area contributed by atoms with Gasteiger partial charge in [-0.15, -0.1) is 0 Å². The van der Waals surface area contributed by atoms with Crippen LogP contribution in [0.2, 0.25) is 0 Å². The van der Waals surface area contributed by atoms with Crippen molar-refractivity contribution in [3.8, 4) is 0 Å². The highest BCUT2D eigenvalue weighted by atomic mass is 15.0. The molecule has 1 heterocycles. The average Bonchev–Trinajstić information content (AvgIpc) is 3.08. The van der Waals surface area contributed by atoms with Gasteiger partial charge in [-0.3, -0.25) is 0 Å². The monoisotopic (exact) mass is 314 g/mol. The van der Waals surface area contributed by atoms with E-state index in [1.54, 1.807) is 0 Å². The van der Waals surface area contributed by atoms with Crippen LogP contribution in [0.15, 0.2) is 73.2 Å². The number of aryl methyl sites for hydroxylation is 1. The molecule has 0 bridgehead atoms. The zero-order valence-corrected chi connectivity index (χ0v) is 13.9. The molecule has 2 aromatic carbocycles. The molecule has 0 saturated carbocycles. The number of benzene rings is 2. The van der Waals surface area contributed by atoms with Gasteiger partial charge in [-0.1, -0.05) is 60.7 Å². The van der Waals surface area contributed by atoms with Crippen molar-refractivity contribution in [3.63, 3.8) is 0 Å². The first-order chi connectivity index (χ1) is 11.9. The van der Waals surface area contributed by atoms with Crippen molar-refractivity contribution in [1.82, 2.24) is 9.55 Å². The minimum Gasteiger partial charge on any atom is -0.333 e. The number of imidazole rings is 1. The van der Waals surface area contributed by atoms with E-state index in [2.05, 4.69) is 76.4 Å². The fraction of sp³-hybridized carbons (Fsp3) is 0.227. The van der Waals surface area contributed by atoms with E-state index in [9.17, 15) is 0 Å². The van der Waals surface area contributed by atoms with E-state index in [4.69, 9.17) is 0 Å². The molecule has 120 valence electrons. The van der Waals surface area contributed by atoms with E-state index in [1.807, 2.05) is 6.33 Å². The smallest absolute Gasteiger partial charge is 0.0952 e. The highest BCUT2D eigenvalue weighted by molar-refractivity contribution is 5.69. The van der Waals surface area contributed by atoms with Crippen molar-refractivity contribution >= 4 is 5.57 Å². The molecule has 0 spiro atoms. The second kappa shape index (κ2) is 6.88. The summed E-state index contributed by atoms with van der Waals surface area (Å²) in [6.07, 6.45) is 11.0. The number of hydrogen-bond donors (Lipinski definition) is 0. The maximum Gasteiger partial charge on any atom is 0.0952 e. The predicted octanol–water partition coefficient (Wildman–Crippen LogP) is 4.89. The van der Waals surface area contributed by atoms with Crippen LogP contribution in [0.1, 0.15) is 35.2 Å². The highest BCUT2D eigenvalue weighted by Crippen LogP contribution is 2.30. The van der Waals surface area contributed by atoms with Crippen LogP contribution in [0.25, 0.3) is 5.57 Å². The molecule has 0 N–H and O–H groups in total. The van der Waals surface area contributed by atoms with Crippen molar-refractivity contribution in [2.75, 3.05) is 0 Å². The lowest BCUT2D eigenvalue weighted by Crippen LogP contribution is -2.02. The molecule has 1 aromatic heterocycles. The average molecular weight is 314 g/mol. The summed E-state index contributed by atoms with van der Waals surface area (Å²) in [4.78, 5) is 4.55. The fourth-order valence-corrected chi connectivity index (χ4v) is 3.49. The minimum atomic E-state index is 0.894. The normalized spacial score (nSPS) is 15.4. The molecule has 0 fully saturated rings. The van der Waals surface area contributed by atoms with E-state index in [1.165, 1.54) is 41.5 Å². The van der Waals surface area contributed by atoms with Crippen molar-refractivity contribution < 1.29 is 0 Å². The summed E-state index contributed by atoms with van der Waals surface area (Å²) in [5.41, 5.74) is 6.85. The Morgan fingerprint density at radius 3 is 2.71 bits per heavy atom. The molecule has 3 aromatic rings. The molecule has 0 saturated heterocycles. The Kier molecular flexibility index (Phi) is 4.28. The quantitative estimate of drug-likeness (QED) is 0.670. The van der Waals surface area contributed by atoms with Gasteiger partial charge in [-0.05, 0) is 41.5 Å². The summed E-state index contributed by atoms with van der Waals surface area (Å²) >= 11 is 0. The van der Waals surface area contributed by atoms with Gasteiger partial charge in [0.1, 0.15) is 0 Å². The third kappa shape index (κ3) is 3.33. The lowest BCUT2D eigenvalue weighted by molar-refractivity contribution is 0.794. The van der Waals surface area contributed by atoms with Gasteiger partial charge in [0, 0.05) is 19.2 Å². The summed E-state index contributed by atoms with van der Waals surface area (Å²) in [6.45, 7) is 0.894. The molecule has 0 radical (unpaired) electrons. The van der Waals surface area contributed by atoms with Gasteiger partial charge in [-0.25, -0.2) is 4.98 Å². The highest BCUT2D eigenvalue weighted by Gasteiger charge is 2.12. The fourth-order valence-electron chi connectivity index (χ4n) is 3.49. The first kappa shape index (κ1) is 14.9. The van der Waals surface area contributed by atoms with Gasteiger partial charge < -0.3 is 4.57 Å². The molecular formula is C22H22N2. The van der Waals surface area contributed by atoms with Gasteiger partial charge in [0.2, 0.25) is 0 Å². The Morgan fingerprint density at radius 1 is 0.958 bits per heavy atom. The third-order valence-electron chi connectivity index (χ3n) is 4.72. The maximum atomic E-state index is 4.55. The van der Waals surface area contributed by atoms with E-state index < -0.39 is 0 Å². The van der Waals surface area contributed by atoms with E-state index in [0.717, 1.165) is 18.7 Å². The molecule has 0 unspecified atom stereocenters. The first-order valence-corrected chi connectivity index (χ1v) is 8.70. The third-order valence-corrected chi connectivity index (χ3v) is 4.72. The van der Waals surface area contributed by atoms with Crippen LogP contribution in [0.4, 0.5) is 0 Å². The first-order valence-electron chi connectivity index (χ1n) is 8.70. The Bertz CT molecular complexity index is 843. The summed E-state index contributed by atoms with van der Waals surface area (Å²) in [5.74, 6) is 0. The van der Waals surface area contributed by atoms with Crippen LogP contribution in [-0.4, -0.2) is 9.55 Å². The van der Waals surface area contributed by atoms with Crippen molar-refractivity contribution in [1.29, 1.82) is 0 Å². The number of allylic oxidation sites excluding steroid dienone is 2. The Labute approximate surface area is 143 Å². The SMILES string of the molecule is C(Cn1cnc(Cc2ccccc2)c1)=C1CCCc2ccccc21. The molecule has 0 atom stereocenters. The van der Waals surface area contributed by atoms with Crippen LogP contribution >= 0.6 is 0 Å². The summed E-state index contributed by atoms with van der Waals surface area (Å²) in [7, 11) is 0. The van der Waals surface area contributed by atoms with Gasteiger partial charge in [-0.2, -0.15) is 0 Å². The lowest BCUT2D eigenvalue weighted by Gasteiger charge is -2.18. The zero-order chi connectivity index (χ0) is 16.2. The zero-order valence-electron chi connectivity index (χ0n) is 13.9. The minimum absolute atomic E-state index is 0.894. The molecule has 0 amide bonds. The standard InChI is InChI=1S/C22H22N2/c1-2-7-18(8-3-1)15-21-16-24(17-23-21)14-13-20-11-6-10-19-9-4-5-12-22(19)20/h1-5,7-9,12-13,16-17H,6,10-11,14-15H2. The van der Waals surface area contributed by atoms with Gasteiger partial charge in [0.05, 0.1) is 12.0 Å². The summed E-state index contributed by atoms with van der Waals surface area (Å²) in [6, 6.07) is 19.3. The van der Waals surface area contributed by atoms with E-state index in [0.29, 0.717) is 0 Å². The van der Waals surface area contributed by atoms with Crippen LogP contribution < -0.4 is 0 Å². The summed E-state index contributed by atoms with van der Waals surface area (Å²) < 4.78 is 2.18. The van der Waals surface area contributed by atoms with Crippen molar-refractivity contribution in [3.05, 3.63) is 95.6 Å². The number of rotatable bonds is 4. The second-order valence-corrected chi connectivity index (χ2v) is 6.46. The molecule has 4 rings (SSSR count). The molecule has 2 heteroatoms. The summed E-state index contributed by atoms with van der Waals surface area (Å²) in [5, 5.41) is 0. The molecule has 1 aliphatic carbocycles. The van der Waals surface area contributed by atoms with Crippen LogP contribution in [0.5, 0.6) is 0 Å². The van der Waals surface area contributed by atoms with Crippen molar-refractivity contribution in [2.45, 2.75) is 32.2 Å². The molecule has 0 aliphatic heterocycles. The molecular weight excluding hydrogens is 292 g/mol. The van der Waals surface area contributed by atoms with Crippen LogP contribution in [0.3, 0.4) is 0 Å². The number of fused-ring (bicyclic) bond motifs is 1. The van der Waals surface area contributed by atoms with Crippen LogP contribution in [-0.2, 0) is 19.4 Å². The topological polar surface area (TPSA) is 17.8 Å². The van der Waals surface area contributed by atoms with E-state index >= 15 is 0 Å². The van der Waals surface area contributed by atoms with Gasteiger partial charge >= 0.3 is 0 Å². The number of aromatic nitrogens is 2. The molecule has 2 nitrogen and oxygen atoms in total. The van der Waals surface area contributed by atoms with Crippen molar-refractivity contribution in [2.24, 2.45) is 0 Å². The number of hydrogen-bond acceptors (Lipinski definition) is 1. The van der Waals surface area contributed by atoms with E-state index in [-0.39, 0.29) is 0 Å². The largest absolute Gasteiger partial charge is 0.333 e. The maximum absolute atomic E-state index is 4.55. The second-order valence-electron chi connectivity index (χ2n) is 6.46. The molecule has 24 heavy (non-hydrogen) atoms. The van der Waals surface area contributed by atoms with Crippen LogP contribution in [0, 0.1) is 0 Å². The van der Waals surface area contributed by atoms with Gasteiger partial charge in [0.25, 0.3) is 0 Å². The Balaban J connectivity index is 1.47. The number of nitrogens with zero attached hydrogens (tertiary/aromatic N) is 2. The predicted molar refractivity (Wildman–Crippen MR) is 98.8 cm³/mol. The Morgan fingerprint density at radius 2 is 1.79 bits per heavy atom. The molecule has 1 aliphatic rings. The van der Waals surface area contributed by atoms with Gasteiger partial charge in [0.15, 0.2) is 0 Å². The Hall–Kier alpha value is -2.61.